The van der Waals surface area contributed by atoms with Crippen LogP contribution in [0.3, 0.4) is 0 Å². The topological polar surface area (TPSA) is 97.2 Å². The molecule has 9 heteroatoms. The zero-order valence-electron chi connectivity index (χ0n) is 20.9. The molecule has 6 rings (SSSR count). The molecule has 2 N–H and O–H groups in total. The van der Waals surface area contributed by atoms with Crippen molar-refractivity contribution in [2.24, 2.45) is 0 Å². The highest BCUT2D eigenvalue weighted by Crippen LogP contribution is 2.33. The van der Waals surface area contributed by atoms with Gasteiger partial charge in [0.2, 0.25) is 6.10 Å². The third kappa shape index (κ3) is 5.13. The number of pyridine rings is 1. The molecule has 0 saturated carbocycles. The van der Waals surface area contributed by atoms with Crippen LogP contribution in [0.4, 0.5) is 10.5 Å². The number of nitrogens with one attached hydrogen (secondary N) is 2. The van der Waals surface area contributed by atoms with E-state index in [9.17, 15) is 9.59 Å². The number of hydrogen-bond donors (Lipinski definition) is 2. The molecule has 38 heavy (non-hydrogen) atoms. The molecule has 2 aromatic carbocycles. The Balaban J connectivity index is 0.972. The van der Waals surface area contributed by atoms with Crippen molar-refractivity contribution < 1.29 is 19.1 Å². The molecule has 194 valence electrons. The minimum Gasteiger partial charge on any atom is -0.485 e. The monoisotopic (exact) mass is 511 g/mol. The number of para-hydroxylation sites is 2. The molecule has 0 radical (unpaired) electrons. The number of hydrogen-bond acceptors (Lipinski definition) is 5. The number of ether oxygens (including phenoxy) is 2. The minimum absolute atomic E-state index is 0.0202. The molecule has 9 nitrogen and oxygen atoms in total. The molecule has 2 aromatic heterocycles. The van der Waals surface area contributed by atoms with Crippen LogP contribution in [0, 0.1) is 0 Å². The number of aromatic nitrogens is 2. The van der Waals surface area contributed by atoms with Gasteiger partial charge in [0.25, 0.3) is 5.91 Å². The first-order valence-electron chi connectivity index (χ1n) is 12.9. The smallest absolute Gasteiger partial charge is 0.319 e. The summed E-state index contributed by atoms with van der Waals surface area (Å²) in [5.74, 6) is 1.64. The number of fused-ring (bicyclic) bond motifs is 2. The number of piperidine rings is 1. The van der Waals surface area contributed by atoms with Crippen LogP contribution in [-0.2, 0) is 11.3 Å². The molecule has 1 unspecified atom stereocenters. The van der Waals surface area contributed by atoms with Crippen LogP contribution in [0.25, 0.3) is 5.65 Å². The summed E-state index contributed by atoms with van der Waals surface area (Å²) in [6.45, 7) is 2.00. The molecule has 0 aliphatic carbocycles. The molecule has 1 atom stereocenters. The lowest BCUT2D eigenvalue weighted by molar-refractivity contribution is -0.142. The van der Waals surface area contributed by atoms with Gasteiger partial charge in [-0.15, -0.1) is 0 Å². The van der Waals surface area contributed by atoms with Crippen LogP contribution in [0.2, 0.25) is 0 Å². The molecular formula is C29H29N5O4. The second-order valence-electron chi connectivity index (χ2n) is 9.62. The number of imidazole rings is 1. The summed E-state index contributed by atoms with van der Waals surface area (Å²) in [6, 6.07) is 19.0. The largest absolute Gasteiger partial charge is 0.485 e. The van der Waals surface area contributed by atoms with Crippen molar-refractivity contribution in [1.82, 2.24) is 19.6 Å². The van der Waals surface area contributed by atoms with Gasteiger partial charge >= 0.3 is 6.03 Å². The molecule has 4 aromatic rings. The number of anilines is 1. The van der Waals surface area contributed by atoms with Gasteiger partial charge in [0.15, 0.2) is 11.5 Å². The fourth-order valence-electron chi connectivity index (χ4n) is 5.04. The molecule has 2 aliphatic rings. The number of nitrogens with zero attached hydrogens (tertiary/aromatic N) is 3. The zero-order chi connectivity index (χ0) is 25.9. The molecule has 4 heterocycles. The first-order valence-corrected chi connectivity index (χ1v) is 12.9. The number of benzene rings is 2. The number of rotatable bonds is 5. The summed E-state index contributed by atoms with van der Waals surface area (Å²) in [5, 5.41) is 5.78. The van der Waals surface area contributed by atoms with E-state index in [0.29, 0.717) is 37.1 Å². The normalized spacial score (nSPS) is 17.3. The van der Waals surface area contributed by atoms with E-state index in [4.69, 9.17) is 9.47 Å². The first-order chi connectivity index (χ1) is 18.6. The van der Waals surface area contributed by atoms with Crippen LogP contribution >= 0.6 is 0 Å². The van der Waals surface area contributed by atoms with E-state index >= 15 is 0 Å². The lowest BCUT2D eigenvalue weighted by Gasteiger charge is -2.35. The standard InChI is InChI=1S/C29H29N5O4/c35-28(26-19-37-24-3-1-2-4-25(24)38-26)34-14-10-22(11-15-34)21-5-7-23(8-6-21)32-29(36)31-18-20-9-13-33-16-12-30-27(33)17-20/h1-9,12-13,16-17,22,26H,10-11,14-15,18-19H2,(H2,31,32,36). The third-order valence-electron chi connectivity index (χ3n) is 7.15. The number of carbonyl (C=O) groups excluding carboxylic acids is 2. The average molecular weight is 512 g/mol. The van der Waals surface area contributed by atoms with Crippen molar-refractivity contribution in [3.8, 4) is 11.5 Å². The highest BCUT2D eigenvalue weighted by Gasteiger charge is 2.33. The van der Waals surface area contributed by atoms with Gasteiger partial charge in [0, 0.05) is 43.9 Å². The van der Waals surface area contributed by atoms with E-state index < -0.39 is 6.10 Å². The van der Waals surface area contributed by atoms with Crippen molar-refractivity contribution >= 4 is 23.3 Å². The maximum Gasteiger partial charge on any atom is 0.319 e. The van der Waals surface area contributed by atoms with E-state index in [-0.39, 0.29) is 18.5 Å². The van der Waals surface area contributed by atoms with Crippen LogP contribution in [0.1, 0.15) is 29.9 Å². The van der Waals surface area contributed by atoms with E-state index in [1.807, 2.05) is 70.2 Å². The molecule has 1 fully saturated rings. The summed E-state index contributed by atoms with van der Waals surface area (Å²) in [6.07, 6.45) is 6.70. The van der Waals surface area contributed by atoms with Gasteiger partial charge in [-0.25, -0.2) is 9.78 Å². The number of urea groups is 1. The van der Waals surface area contributed by atoms with Crippen LogP contribution in [0.5, 0.6) is 11.5 Å². The molecule has 3 amide bonds. The fraction of sp³-hybridized carbons (Fsp3) is 0.276. The Bertz CT molecular complexity index is 1440. The summed E-state index contributed by atoms with van der Waals surface area (Å²) < 4.78 is 13.5. The Morgan fingerprint density at radius 2 is 1.76 bits per heavy atom. The second-order valence-corrected chi connectivity index (χ2v) is 9.62. The molecule has 1 saturated heterocycles. The van der Waals surface area contributed by atoms with Gasteiger partial charge in [-0.3, -0.25) is 4.79 Å². The van der Waals surface area contributed by atoms with Crippen LogP contribution in [-0.4, -0.2) is 52.0 Å². The minimum atomic E-state index is -0.605. The lowest BCUT2D eigenvalue weighted by Crippen LogP contribution is -2.48. The van der Waals surface area contributed by atoms with Gasteiger partial charge in [-0.2, -0.15) is 0 Å². The van der Waals surface area contributed by atoms with E-state index in [2.05, 4.69) is 27.8 Å². The molecule has 2 aliphatic heterocycles. The number of likely N-dealkylation sites (tertiary alicyclic amines) is 1. The van der Waals surface area contributed by atoms with Crippen molar-refractivity contribution in [3.05, 3.63) is 90.4 Å². The summed E-state index contributed by atoms with van der Waals surface area (Å²) in [4.78, 5) is 31.5. The third-order valence-corrected chi connectivity index (χ3v) is 7.15. The lowest BCUT2D eigenvalue weighted by atomic mass is 9.89. The van der Waals surface area contributed by atoms with Crippen molar-refractivity contribution in [2.75, 3.05) is 25.0 Å². The van der Waals surface area contributed by atoms with Crippen molar-refractivity contribution in [2.45, 2.75) is 31.4 Å². The highest BCUT2D eigenvalue weighted by molar-refractivity contribution is 5.89. The SMILES string of the molecule is O=C(NCc1ccn2ccnc2c1)Nc1ccc(C2CCN(C(=O)C3COc4ccccc4O3)CC2)cc1. The maximum absolute atomic E-state index is 13.0. The van der Waals surface area contributed by atoms with Gasteiger partial charge in [-0.05, 0) is 66.3 Å². The van der Waals surface area contributed by atoms with Gasteiger partial charge < -0.3 is 29.4 Å². The number of amides is 3. The molecule has 0 bridgehead atoms. The van der Waals surface area contributed by atoms with E-state index in [0.717, 1.165) is 29.7 Å². The van der Waals surface area contributed by atoms with E-state index in [1.165, 1.54) is 5.56 Å². The summed E-state index contributed by atoms with van der Waals surface area (Å²) >= 11 is 0. The van der Waals surface area contributed by atoms with Crippen LogP contribution < -0.4 is 20.1 Å². The molecule has 0 spiro atoms. The Hall–Kier alpha value is -4.53. The van der Waals surface area contributed by atoms with Crippen molar-refractivity contribution in [1.29, 1.82) is 0 Å². The Kier molecular flexibility index (Phi) is 6.56. The van der Waals surface area contributed by atoms with Crippen LogP contribution in [0.15, 0.2) is 79.3 Å². The number of carbonyl (C=O) groups is 2. The fourth-order valence-corrected chi connectivity index (χ4v) is 5.04. The second kappa shape index (κ2) is 10.5. The predicted molar refractivity (Wildman–Crippen MR) is 142 cm³/mol. The molecular weight excluding hydrogens is 482 g/mol. The van der Waals surface area contributed by atoms with E-state index in [1.54, 1.807) is 6.20 Å². The predicted octanol–water partition coefficient (Wildman–Crippen LogP) is 4.20. The van der Waals surface area contributed by atoms with Gasteiger partial charge in [0.1, 0.15) is 12.3 Å². The summed E-state index contributed by atoms with van der Waals surface area (Å²) in [5.41, 5.74) is 3.77. The maximum atomic E-state index is 13.0. The van der Waals surface area contributed by atoms with Gasteiger partial charge in [0.05, 0.1) is 0 Å². The average Bonchev–Trinajstić information content (AvgIpc) is 3.44. The van der Waals surface area contributed by atoms with Crippen molar-refractivity contribution in [3.63, 3.8) is 0 Å². The zero-order valence-corrected chi connectivity index (χ0v) is 20.9. The Morgan fingerprint density at radius 3 is 2.58 bits per heavy atom. The van der Waals surface area contributed by atoms with Gasteiger partial charge in [-0.1, -0.05) is 24.3 Å². The quantitative estimate of drug-likeness (QED) is 0.419. The summed E-state index contributed by atoms with van der Waals surface area (Å²) in [7, 11) is 0. The Labute approximate surface area is 220 Å². The highest BCUT2D eigenvalue weighted by atomic mass is 16.6. The Morgan fingerprint density at radius 1 is 0.974 bits per heavy atom. The first kappa shape index (κ1) is 23.8.